The number of benzene rings is 2. The standard InChI is InChI=1S/C15H11ClN2O/c16-12-6-7-14-13(8-12)18-15(9-17,10-19-14)11-4-2-1-3-5-11/h1-8,18H,10H2. The first-order valence-electron chi connectivity index (χ1n) is 5.91. The van der Waals surface area contributed by atoms with Crippen molar-refractivity contribution in [2.45, 2.75) is 5.54 Å². The van der Waals surface area contributed by atoms with Crippen LogP contribution in [0.3, 0.4) is 0 Å². The Morgan fingerprint density at radius 2 is 2.00 bits per heavy atom. The largest absolute Gasteiger partial charge is 0.487 e. The molecule has 3 nitrogen and oxygen atoms in total. The van der Waals surface area contributed by atoms with Gasteiger partial charge in [-0.3, -0.25) is 0 Å². The molecule has 1 aliphatic heterocycles. The summed E-state index contributed by atoms with van der Waals surface area (Å²) in [6.07, 6.45) is 0. The fraction of sp³-hybridized carbons (Fsp3) is 0.133. The first kappa shape index (κ1) is 11.9. The number of nitrogens with zero attached hydrogens (tertiary/aromatic N) is 1. The second-order valence-electron chi connectivity index (χ2n) is 4.44. The third-order valence-electron chi connectivity index (χ3n) is 3.19. The van der Waals surface area contributed by atoms with Gasteiger partial charge >= 0.3 is 0 Å². The summed E-state index contributed by atoms with van der Waals surface area (Å²) >= 11 is 5.98. The lowest BCUT2D eigenvalue weighted by atomic mass is 9.90. The fourth-order valence-corrected chi connectivity index (χ4v) is 2.35. The summed E-state index contributed by atoms with van der Waals surface area (Å²) in [4.78, 5) is 0. The Hall–Kier alpha value is -2.18. The molecular formula is C15H11ClN2O. The molecule has 0 bridgehead atoms. The van der Waals surface area contributed by atoms with Gasteiger partial charge in [0.2, 0.25) is 0 Å². The van der Waals surface area contributed by atoms with Crippen molar-refractivity contribution in [3.63, 3.8) is 0 Å². The van der Waals surface area contributed by atoms with Gasteiger partial charge in [-0.1, -0.05) is 41.9 Å². The van der Waals surface area contributed by atoms with Gasteiger partial charge in [-0.15, -0.1) is 0 Å². The van der Waals surface area contributed by atoms with Crippen LogP contribution in [0.15, 0.2) is 48.5 Å². The quantitative estimate of drug-likeness (QED) is 0.862. The van der Waals surface area contributed by atoms with Crippen LogP contribution >= 0.6 is 11.6 Å². The van der Waals surface area contributed by atoms with E-state index in [-0.39, 0.29) is 6.61 Å². The van der Waals surface area contributed by atoms with Gasteiger partial charge in [0.25, 0.3) is 0 Å². The minimum atomic E-state index is -0.876. The van der Waals surface area contributed by atoms with Crippen molar-refractivity contribution in [2.75, 3.05) is 11.9 Å². The van der Waals surface area contributed by atoms with Crippen LogP contribution < -0.4 is 10.1 Å². The van der Waals surface area contributed by atoms with E-state index in [9.17, 15) is 5.26 Å². The molecule has 0 spiro atoms. The summed E-state index contributed by atoms with van der Waals surface area (Å²) in [6.45, 7) is 0.266. The van der Waals surface area contributed by atoms with Crippen LogP contribution in [0.5, 0.6) is 5.75 Å². The first-order valence-corrected chi connectivity index (χ1v) is 6.29. The predicted molar refractivity (Wildman–Crippen MR) is 74.3 cm³/mol. The molecule has 1 heterocycles. The van der Waals surface area contributed by atoms with Crippen LogP contribution in [0.1, 0.15) is 5.56 Å². The third-order valence-corrected chi connectivity index (χ3v) is 3.43. The van der Waals surface area contributed by atoms with Crippen molar-refractivity contribution in [1.29, 1.82) is 5.26 Å². The summed E-state index contributed by atoms with van der Waals surface area (Å²) < 4.78 is 5.70. The topological polar surface area (TPSA) is 45.0 Å². The normalized spacial score (nSPS) is 20.6. The van der Waals surface area contributed by atoms with Crippen molar-refractivity contribution >= 4 is 17.3 Å². The zero-order valence-corrected chi connectivity index (χ0v) is 10.8. The highest BCUT2D eigenvalue weighted by Gasteiger charge is 2.37. The molecule has 0 fully saturated rings. The molecule has 0 saturated heterocycles. The van der Waals surface area contributed by atoms with E-state index in [1.807, 2.05) is 30.3 Å². The molecule has 1 unspecified atom stereocenters. The predicted octanol–water partition coefficient (Wildman–Crippen LogP) is 3.56. The molecule has 2 aromatic rings. The van der Waals surface area contributed by atoms with Crippen LogP contribution in [0.25, 0.3) is 0 Å². The molecule has 1 N–H and O–H groups in total. The second-order valence-corrected chi connectivity index (χ2v) is 4.87. The summed E-state index contributed by atoms with van der Waals surface area (Å²) in [7, 11) is 0. The van der Waals surface area contributed by atoms with Gasteiger partial charge < -0.3 is 10.1 Å². The van der Waals surface area contributed by atoms with E-state index in [4.69, 9.17) is 16.3 Å². The Bertz CT molecular complexity index is 651. The molecule has 19 heavy (non-hydrogen) atoms. The van der Waals surface area contributed by atoms with Crippen LogP contribution in [-0.4, -0.2) is 6.61 Å². The van der Waals surface area contributed by atoms with Gasteiger partial charge in [-0.2, -0.15) is 5.26 Å². The lowest BCUT2D eigenvalue weighted by Gasteiger charge is -2.34. The summed E-state index contributed by atoms with van der Waals surface area (Å²) in [5.41, 5.74) is 0.742. The summed E-state index contributed by atoms with van der Waals surface area (Å²) in [6, 6.07) is 17.2. The Kier molecular flexibility index (Phi) is 2.81. The van der Waals surface area contributed by atoms with Gasteiger partial charge in [-0.05, 0) is 23.8 Å². The number of nitrogens with one attached hydrogen (secondary N) is 1. The molecule has 0 radical (unpaired) electrons. The molecule has 0 aliphatic carbocycles. The van der Waals surface area contributed by atoms with E-state index >= 15 is 0 Å². The maximum Gasteiger partial charge on any atom is 0.185 e. The van der Waals surface area contributed by atoms with Crippen LogP contribution in [0, 0.1) is 11.3 Å². The molecule has 1 atom stereocenters. The van der Waals surface area contributed by atoms with Crippen LogP contribution in [-0.2, 0) is 5.54 Å². The van der Waals surface area contributed by atoms with Crippen molar-refractivity contribution in [1.82, 2.24) is 0 Å². The highest BCUT2D eigenvalue weighted by molar-refractivity contribution is 6.30. The number of anilines is 1. The van der Waals surface area contributed by atoms with E-state index in [1.165, 1.54) is 0 Å². The first-order chi connectivity index (χ1) is 9.23. The molecule has 0 aromatic heterocycles. The van der Waals surface area contributed by atoms with E-state index < -0.39 is 5.54 Å². The van der Waals surface area contributed by atoms with E-state index in [0.29, 0.717) is 10.8 Å². The number of hydrogen-bond acceptors (Lipinski definition) is 3. The number of ether oxygens (including phenoxy) is 1. The SMILES string of the molecule is N#CC1(c2ccccc2)COc2ccc(Cl)cc2N1. The highest BCUT2D eigenvalue weighted by atomic mass is 35.5. The van der Waals surface area contributed by atoms with E-state index in [1.54, 1.807) is 18.2 Å². The fourth-order valence-electron chi connectivity index (χ4n) is 2.18. The number of fused-ring (bicyclic) bond motifs is 1. The molecule has 2 aromatic carbocycles. The van der Waals surface area contributed by atoms with Crippen molar-refractivity contribution in [2.24, 2.45) is 0 Å². The molecule has 1 aliphatic rings. The minimum Gasteiger partial charge on any atom is -0.487 e. The maximum absolute atomic E-state index is 9.56. The van der Waals surface area contributed by atoms with Gasteiger partial charge in [0.15, 0.2) is 5.54 Å². The van der Waals surface area contributed by atoms with Gasteiger partial charge in [0.05, 0.1) is 11.8 Å². The van der Waals surface area contributed by atoms with Crippen molar-refractivity contribution < 1.29 is 4.74 Å². The van der Waals surface area contributed by atoms with Crippen molar-refractivity contribution in [3.8, 4) is 11.8 Å². The Balaban J connectivity index is 2.05. The number of nitriles is 1. The summed E-state index contributed by atoms with van der Waals surface area (Å²) in [5.74, 6) is 0.714. The number of hydrogen-bond donors (Lipinski definition) is 1. The van der Waals surface area contributed by atoms with Crippen LogP contribution in [0.2, 0.25) is 5.02 Å². The molecular weight excluding hydrogens is 260 g/mol. The van der Waals surface area contributed by atoms with Crippen LogP contribution in [0.4, 0.5) is 5.69 Å². The molecule has 0 saturated carbocycles. The van der Waals surface area contributed by atoms with Gasteiger partial charge in [-0.25, -0.2) is 0 Å². The molecule has 0 amide bonds. The Morgan fingerprint density at radius 3 is 2.74 bits per heavy atom. The average molecular weight is 271 g/mol. The zero-order valence-electron chi connectivity index (χ0n) is 10.1. The van der Waals surface area contributed by atoms with E-state index in [0.717, 1.165) is 11.3 Å². The second kappa shape index (κ2) is 4.49. The smallest absolute Gasteiger partial charge is 0.185 e. The maximum atomic E-state index is 9.56. The summed E-state index contributed by atoms with van der Waals surface area (Å²) in [5, 5.41) is 13.4. The molecule has 4 heteroatoms. The lowest BCUT2D eigenvalue weighted by molar-refractivity contribution is 0.253. The van der Waals surface area contributed by atoms with Crippen molar-refractivity contribution in [3.05, 3.63) is 59.1 Å². The third kappa shape index (κ3) is 2.00. The number of rotatable bonds is 1. The molecule has 94 valence electrons. The average Bonchev–Trinajstić information content (AvgIpc) is 2.47. The van der Waals surface area contributed by atoms with E-state index in [2.05, 4.69) is 11.4 Å². The lowest BCUT2D eigenvalue weighted by Crippen LogP contribution is -2.42. The molecule has 3 rings (SSSR count). The monoisotopic (exact) mass is 270 g/mol. The minimum absolute atomic E-state index is 0.266. The number of halogens is 1. The zero-order chi connectivity index (χ0) is 13.3. The van der Waals surface area contributed by atoms with Gasteiger partial charge in [0.1, 0.15) is 12.4 Å². The highest BCUT2D eigenvalue weighted by Crippen LogP contribution is 2.38. The Morgan fingerprint density at radius 1 is 1.21 bits per heavy atom. The Labute approximate surface area is 116 Å². The van der Waals surface area contributed by atoms with Gasteiger partial charge in [0, 0.05) is 5.02 Å².